The first-order chi connectivity index (χ1) is 23.7. The summed E-state index contributed by atoms with van der Waals surface area (Å²) in [6.07, 6.45) is 3.44. The summed E-state index contributed by atoms with van der Waals surface area (Å²) in [6, 6.07) is 21.1. The standard InChI is InChI=1S/C36H33F2N7O4/c1-44(2)17-18-49-25-8-5-7-23(20-25)40-36-39-15-13-29(41-36)34-32(42-31-21-24(47-3)14-16-45(31)34)22-11-12-30(48-4)26(19-22)35(46)43-33-27(37)9-6-10-28(33)38/h5-16,19-21H,17-18H2,1-4H3,(H,43,46)(H,39,40,41). The van der Waals surface area contributed by atoms with E-state index in [1.165, 1.54) is 13.2 Å². The van der Waals surface area contributed by atoms with Crippen molar-refractivity contribution in [3.63, 3.8) is 0 Å². The second-order valence-electron chi connectivity index (χ2n) is 11.1. The highest BCUT2D eigenvalue weighted by Crippen LogP contribution is 2.36. The molecule has 0 bridgehead atoms. The maximum atomic E-state index is 14.4. The summed E-state index contributed by atoms with van der Waals surface area (Å²) in [7, 11) is 6.93. The lowest BCUT2D eigenvalue weighted by molar-refractivity contribution is 0.102. The molecule has 0 saturated carbocycles. The lowest BCUT2D eigenvalue weighted by Gasteiger charge is -2.13. The van der Waals surface area contributed by atoms with Crippen LogP contribution in [-0.4, -0.2) is 71.6 Å². The molecule has 0 aliphatic carbocycles. The van der Waals surface area contributed by atoms with Gasteiger partial charge in [-0.1, -0.05) is 12.1 Å². The molecular weight excluding hydrogens is 632 g/mol. The number of anilines is 3. The van der Waals surface area contributed by atoms with Crippen molar-refractivity contribution in [3.8, 4) is 39.9 Å². The van der Waals surface area contributed by atoms with Crippen LogP contribution in [0.1, 0.15) is 10.4 Å². The Morgan fingerprint density at radius 1 is 0.898 bits per heavy atom. The lowest BCUT2D eigenvalue weighted by Crippen LogP contribution is -2.19. The quantitative estimate of drug-likeness (QED) is 0.148. The van der Waals surface area contributed by atoms with Gasteiger partial charge in [0.15, 0.2) is 0 Å². The predicted molar refractivity (Wildman–Crippen MR) is 183 cm³/mol. The van der Waals surface area contributed by atoms with Crippen molar-refractivity contribution < 1.29 is 27.8 Å². The van der Waals surface area contributed by atoms with Gasteiger partial charge in [0.2, 0.25) is 5.95 Å². The van der Waals surface area contributed by atoms with Gasteiger partial charge in [-0.15, -0.1) is 0 Å². The summed E-state index contributed by atoms with van der Waals surface area (Å²) in [5.41, 5.74) is 2.89. The largest absolute Gasteiger partial charge is 0.497 e. The van der Waals surface area contributed by atoms with Crippen LogP contribution in [0.4, 0.5) is 26.1 Å². The van der Waals surface area contributed by atoms with Gasteiger partial charge in [0.05, 0.1) is 36.9 Å². The highest BCUT2D eigenvalue weighted by Gasteiger charge is 2.22. The summed E-state index contributed by atoms with van der Waals surface area (Å²) in [6.45, 7) is 1.32. The van der Waals surface area contributed by atoms with Gasteiger partial charge in [0, 0.05) is 42.3 Å². The Morgan fingerprint density at radius 2 is 1.69 bits per heavy atom. The van der Waals surface area contributed by atoms with Crippen LogP contribution in [0.3, 0.4) is 0 Å². The number of carbonyl (C=O) groups is 1. The number of pyridine rings is 1. The van der Waals surface area contributed by atoms with E-state index in [2.05, 4.69) is 15.6 Å². The summed E-state index contributed by atoms with van der Waals surface area (Å²) >= 11 is 0. The molecule has 49 heavy (non-hydrogen) atoms. The molecule has 3 aromatic carbocycles. The van der Waals surface area contributed by atoms with Gasteiger partial charge in [-0.05, 0) is 68.7 Å². The number of halogens is 2. The zero-order valence-corrected chi connectivity index (χ0v) is 27.2. The van der Waals surface area contributed by atoms with Crippen LogP contribution < -0.4 is 24.8 Å². The molecule has 3 aromatic heterocycles. The topological polar surface area (TPSA) is 115 Å². The number of carbonyl (C=O) groups excluding carboxylic acids is 1. The van der Waals surface area contributed by atoms with Crippen molar-refractivity contribution in [1.82, 2.24) is 24.3 Å². The van der Waals surface area contributed by atoms with E-state index < -0.39 is 23.2 Å². The number of nitrogens with one attached hydrogen (secondary N) is 2. The van der Waals surface area contributed by atoms with Crippen LogP contribution in [-0.2, 0) is 0 Å². The number of hydrogen-bond acceptors (Lipinski definition) is 9. The van der Waals surface area contributed by atoms with E-state index in [4.69, 9.17) is 24.2 Å². The molecule has 0 aliphatic rings. The molecule has 13 heteroatoms. The molecule has 0 radical (unpaired) electrons. The number of para-hydroxylation sites is 1. The Labute approximate surface area is 281 Å². The average Bonchev–Trinajstić information content (AvgIpc) is 3.48. The Kier molecular flexibility index (Phi) is 9.62. The molecule has 6 rings (SSSR count). The fourth-order valence-corrected chi connectivity index (χ4v) is 5.12. The van der Waals surface area contributed by atoms with E-state index in [0.717, 1.165) is 24.4 Å². The van der Waals surface area contributed by atoms with Gasteiger partial charge < -0.3 is 29.7 Å². The van der Waals surface area contributed by atoms with Crippen LogP contribution in [0.5, 0.6) is 17.2 Å². The van der Waals surface area contributed by atoms with Gasteiger partial charge in [-0.3, -0.25) is 9.20 Å². The third kappa shape index (κ3) is 7.26. The number of hydrogen-bond donors (Lipinski definition) is 2. The first-order valence-corrected chi connectivity index (χ1v) is 15.2. The molecule has 0 atom stereocenters. The molecule has 2 N–H and O–H groups in total. The predicted octanol–water partition coefficient (Wildman–Crippen LogP) is 6.69. The SMILES string of the molecule is COc1ccn2c(-c3ccnc(Nc4cccc(OCCN(C)C)c4)n3)c(-c3ccc(OC)c(C(=O)Nc4c(F)cccc4F)c3)nc2c1. The molecule has 6 aromatic rings. The highest BCUT2D eigenvalue weighted by molar-refractivity contribution is 6.07. The van der Waals surface area contributed by atoms with Gasteiger partial charge in [-0.25, -0.2) is 23.7 Å². The number of imidazole rings is 1. The molecule has 3 heterocycles. The first kappa shape index (κ1) is 32.8. The number of rotatable bonds is 12. The molecule has 0 fully saturated rings. The molecule has 250 valence electrons. The van der Waals surface area contributed by atoms with Crippen LogP contribution >= 0.6 is 0 Å². The fraction of sp³-hybridized carbons (Fsp3) is 0.167. The molecule has 0 saturated heterocycles. The molecule has 0 spiro atoms. The van der Waals surface area contributed by atoms with E-state index in [0.29, 0.717) is 52.3 Å². The second kappa shape index (κ2) is 14.4. The van der Waals surface area contributed by atoms with Crippen LogP contribution in [0.25, 0.3) is 28.3 Å². The third-order valence-corrected chi connectivity index (χ3v) is 7.55. The van der Waals surface area contributed by atoms with E-state index in [9.17, 15) is 13.6 Å². The molecular formula is C36H33F2N7O4. The van der Waals surface area contributed by atoms with Crippen LogP contribution in [0.2, 0.25) is 0 Å². The van der Waals surface area contributed by atoms with Crippen molar-refractivity contribution in [1.29, 1.82) is 0 Å². The van der Waals surface area contributed by atoms with Gasteiger partial charge in [0.1, 0.15) is 46.8 Å². The van der Waals surface area contributed by atoms with Crippen molar-refractivity contribution in [2.24, 2.45) is 0 Å². The maximum absolute atomic E-state index is 14.4. The lowest BCUT2D eigenvalue weighted by atomic mass is 10.0. The zero-order valence-electron chi connectivity index (χ0n) is 27.2. The van der Waals surface area contributed by atoms with Crippen molar-refractivity contribution in [2.75, 3.05) is 52.1 Å². The smallest absolute Gasteiger partial charge is 0.259 e. The van der Waals surface area contributed by atoms with Gasteiger partial charge in [-0.2, -0.15) is 0 Å². The number of methoxy groups -OCH3 is 2. The molecule has 11 nitrogen and oxygen atoms in total. The third-order valence-electron chi connectivity index (χ3n) is 7.55. The first-order valence-electron chi connectivity index (χ1n) is 15.2. The number of likely N-dealkylation sites (N-methyl/N-ethyl adjacent to an activating group) is 1. The van der Waals surface area contributed by atoms with Gasteiger partial charge in [0.25, 0.3) is 5.91 Å². The Hall–Kier alpha value is -6.08. The van der Waals surface area contributed by atoms with Crippen molar-refractivity contribution in [2.45, 2.75) is 0 Å². The maximum Gasteiger partial charge on any atom is 0.259 e. The Morgan fingerprint density at radius 3 is 2.45 bits per heavy atom. The summed E-state index contributed by atoms with van der Waals surface area (Å²) < 4.78 is 47.4. The summed E-state index contributed by atoms with van der Waals surface area (Å²) in [5, 5.41) is 5.59. The number of nitrogens with zero attached hydrogens (tertiary/aromatic N) is 5. The molecule has 0 aliphatic heterocycles. The Balaban J connectivity index is 1.39. The van der Waals surface area contributed by atoms with E-state index in [-0.39, 0.29) is 11.3 Å². The van der Waals surface area contributed by atoms with Gasteiger partial charge >= 0.3 is 0 Å². The minimum atomic E-state index is -0.906. The van der Waals surface area contributed by atoms with Crippen LogP contribution in [0.15, 0.2) is 91.3 Å². The fourth-order valence-electron chi connectivity index (χ4n) is 5.12. The second-order valence-corrected chi connectivity index (χ2v) is 11.1. The highest BCUT2D eigenvalue weighted by atomic mass is 19.1. The van der Waals surface area contributed by atoms with Crippen LogP contribution in [0, 0.1) is 11.6 Å². The van der Waals surface area contributed by atoms with Crippen molar-refractivity contribution >= 4 is 28.9 Å². The Bertz CT molecular complexity index is 2120. The minimum absolute atomic E-state index is 0.0426. The number of aromatic nitrogens is 4. The van der Waals surface area contributed by atoms with Crippen molar-refractivity contribution in [3.05, 3.63) is 108 Å². The molecule has 0 unspecified atom stereocenters. The number of ether oxygens (including phenoxy) is 3. The van der Waals surface area contributed by atoms with E-state index >= 15 is 0 Å². The number of benzene rings is 3. The number of fused-ring (bicyclic) bond motifs is 1. The number of amides is 1. The zero-order chi connectivity index (χ0) is 34.5. The summed E-state index contributed by atoms with van der Waals surface area (Å²) in [5.74, 6) is -0.747. The molecule has 1 amide bonds. The minimum Gasteiger partial charge on any atom is -0.497 e. The monoisotopic (exact) mass is 665 g/mol. The normalized spacial score (nSPS) is 11.1. The van der Waals surface area contributed by atoms with E-state index in [1.54, 1.807) is 49.7 Å². The van der Waals surface area contributed by atoms with E-state index in [1.807, 2.05) is 53.9 Å². The average molecular weight is 666 g/mol. The summed E-state index contributed by atoms with van der Waals surface area (Å²) in [4.78, 5) is 29.6.